The Morgan fingerprint density at radius 3 is 2.15 bits per heavy atom. The fourth-order valence-corrected chi connectivity index (χ4v) is 4.00. The third kappa shape index (κ3) is 4.76. The Bertz CT molecular complexity index is 592. The first kappa shape index (κ1) is 20.7. The van der Waals surface area contributed by atoms with Crippen molar-refractivity contribution in [2.75, 3.05) is 19.8 Å². The molecule has 0 saturated carbocycles. The van der Waals surface area contributed by atoms with Gasteiger partial charge in [0.1, 0.15) is 18.7 Å². The van der Waals surface area contributed by atoms with Crippen molar-refractivity contribution in [2.45, 2.75) is 79.1 Å². The average Bonchev–Trinajstić information content (AvgIpc) is 2.95. The van der Waals surface area contributed by atoms with Gasteiger partial charge in [0.25, 0.3) is 0 Å². The van der Waals surface area contributed by atoms with Crippen molar-refractivity contribution >= 4 is 11.8 Å². The summed E-state index contributed by atoms with van der Waals surface area (Å²) in [6.07, 6.45) is 11.7. The van der Waals surface area contributed by atoms with E-state index in [0.29, 0.717) is 16.0 Å². The van der Waals surface area contributed by atoms with Crippen LogP contribution in [0.1, 0.15) is 79.1 Å². The van der Waals surface area contributed by atoms with E-state index in [2.05, 4.69) is 25.7 Å². The Labute approximate surface area is 158 Å². The fourth-order valence-electron chi connectivity index (χ4n) is 4.00. The number of carboxylic acids is 1. The number of hydrogen-bond acceptors (Lipinski definition) is 3. The SMILES string of the molecule is CCCCCC[N+]1(CCCCCC)CN2C(C)=CC(C)=C(C(=O)O)C2=N1. The summed E-state index contributed by atoms with van der Waals surface area (Å²) in [6, 6.07) is 0. The third-order valence-electron chi connectivity index (χ3n) is 5.51. The van der Waals surface area contributed by atoms with E-state index in [4.69, 9.17) is 5.10 Å². The molecule has 2 aliphatic rings. The maximum absolute atomic E-state index is 11.8. The number of fused-ring (bicyclic) bond motifs is 1. The average molecular weight is 363 g/mol. The molecule has 2 rings (SSSR count). The first-order chi connectivity index (χ1) is 12.4. The van der Waals surface area contributed by atoms with Gasteiger partial charge in [-0.05, 0) is 51.2 Å². The smallest absolute Gasteiger partial charge is 0.339 e. The van der Waals surface area contributed by atoms with Crippen LogP contribution in [0.5, 0.6) is 0 Å². The molecule has 26 heavy (non-hydrogen) atoms. The van der Waals surface area contributed by atoms with Crippen molar-refractivity contribution < 1.29 is 14.5 Å². The van der Waals surface area contributed by atoms with Crippen LogP contribution in [0.15, 0.2) is 28.0 Å². The van der Waals surface area contributed by atoms with E-state index in [-0.39, 0.29) is 0 Å². The number of amidine groups is 1. The highest BCUT2D eigenvalue weighted by Crippen LogP contribution is 2.32. The molecule has 146 valence electrons. The van der Waals surface area contributed by atoms with E-state index in [0.717, 1.165) is 43.9 Å². The van der Waals surface area contributed by atoms with Crippen LogP contribution in [0.4, 0.5) is 0 Å². The zero-order valence-electron chi connectivity index (χ0n) is 17.1. The second kappa shape index (κ2) is 9.36. The van der Waals surface area contributed by atoms with Crippen molar-refractivity contribution in [1.29, 1.82) is 0 Å². The van der Waals surface area contributed by atoms with E-state index in [1.807, 2.05) is 13.0 Å². The van der Waals surface area contributed by atoms with Crippen LogP contribution in [-0.2, 0) is 4.79 Å². The highest BCUT2D eigenvalue weighted by molar-refractivity contribution is 6.20. The van der Waals surface area contributed by atoms with Gasteiger partial charge < -0.3 is 5.11 Å². The number of rotatable bonds is 11. The summed E-state index contributed by atoms with van der Waals surface area (Å²) < 4.78 is 0.665. The van der Waals surface area contributed by atoms with E-state index in [1.165, 1.54) is 38.5 Å². The predicted molar refractivity (Wildman–Crippen MR) is 107 cm³/mol. The molecule has 5 heteroatoms. The molecule has 0 radical (unpaired) electrons. The van der Waals surface area contributed by atoms with Gasteiger partial charge in [-0.3, -0.25) is 4.90 Å². The minimum absolute atomic E-state index is 0.373. The van der Waals surface area contributed by atoms with E-state index >= 15 is 0 Å². The zero-order valence-corrected chi connectivity index (χ0v) is 17.1. The molecule has 0 amide bonds. The molecule has 0 bridgehead atoms. The quantitative estimate of drug-likeness (QED) is 0.421. The second-order valence-electron chi connectivity index (χ2n) is 7.81. The Balaban J connectivity index is 2.24. The maximum Gasteiger partial charge on any atom is 0.339 e. The standard InChI is InChI=1S/C21H35N3O2/c1-5-7-9-11-13-24(14-12-10-8-6-2)16-23-18(4)15-17(3)19(21(25)26)20(23)22-24/h15H,5-14,16H2,1-4H3/p+1. The molecular weight excluding hydrogens is 326 g/mol. The van der Waals surface area contributed by atoms with Crippen LogP contribution in [0.25, 0.3) is 0 Å². The summed E-state index contributed by atoms with van der Waals surface area (Å²) in [5.41, 5.74) is 2.29. The van der Waals surface area contributed by atoms with Crippen molar-refractivity contribution in [3.63, 3.8) is 0 Å². The molecule has 0 atom stereocenters. The molecular formula is C21H36N3O2+. The molecule has 0 aromatic rings. The van der Waals surface area contributed by atoms with Gasteiger partial charge in [-0.2, -0.15) is 4.59 Å². The highest BCUT2D eigenvalue weighted by Gasteiger charge is 2.44. The fraction of sp³-hybridized carbons (Fsp3) is 0.714. The highest BCUT2D eigenvalue weighted by atomic mass is 16.4. The summed E-state index contributed by atoms with van der Waals surface area (Å²) in [5, 5.41) is 14.7. The minimum atomic E-state index is -0.869. The lowest BCUT2D eigenvalue weighted by Crippen LogP contribution is -2.46. The van der Waals surface area contributed by atoms with Gasteiger partial charge >= 0.3 is 5.97 Å². The summed E-state index contributed by atoms with van der Waals surface area (Å²) in [5.74, 6) is -0.201. The molecule has 2 aliphatic heterocycles. The number of allylic oxidation sites excluding steroid dienone is 3. The molecule has 0 aromatic heterocycles. The molecule has 0 aromatic carbocycles. The number of aliphatic carboxylic acids is 1. The van der Waals surface area contributed by atoms with E-state index in [1.54, 1.807) is 0 Å². The molecule has 1 N–H and O–H groups in total. The second-order valence-corrected chi connectivity index (χ2v) is 7.81. The van der Waals surface area contributed by atoms with Crippen LogP contribution in [0.2, 0.25) is 0 Å². The van der Waals surface area contributed by atoms with E-state index < -0.39 is 5.97 Å². The summed E-state index contributed by atoms with van der Waals surface area (Å²) in [6.45, 7) is 11.2. The van der Waals surface area contributed by atoms with Gasteiger partial charge in [0.05, 0.1) is 0 Å². The molecule has 0 aliphatic carbocycles. The number of carboxylic acid groups (broad SMARTS) is 1. The van der Waals surface area contributed by atoms with Crippen molar-refractivity contribution in [3.8, 4) is 0 Å². The Kier molecular flexibility index (Phi) is 7.44. The first-order valence-corrected chi connectivity index (χ1v) is 10.3. The monoisotopic (exact) mass is 362 g/mol. The Morgan fingerprint density at radius 1 is 1.08 bits per heavy atom. The van der Waals surface area contributed by atoms with Crippen LogP contribution >= 0.6 is 0 Å². The number of nitrogens with zero attached hydrogens (tertiary/aromatic N) is 3. The molecule has 2 heterocycles. The number of unbranched alkanes of at least 4 members (excludes halogenated alkanes) is 6. The molecule has 0 spiro atoms. The van der Waals surface area contributed by atoms with Crippen LogP contribution < -0.4 is 0 Å². The van der Waals surface area contributed by atoms with Crippen molar-refractivity contribution in [1.82, 2.24) is 4.90 Å². The van der Waals surface area contributed by atoms with Crippen LogP contribution in [0, 0.1) is 0 Å². The molecule has 0 fully saturated rings. The Hall–Kier alpha value is -1.62. The topological polar surface area (TPSA) is 52.9 Å². The molecule has 0 unspecified atom stereocenters. The molecule has 0 saturated heterocycles. The van der Waals surface area contributed by atoms with Gasteiger partial charge in [-0.15, -0.1) is 0 Å². The third-order valence-corrected chi connectivity index (χ3v) is 5.51. The van der Waals surface area contributed by atoms with E-state index in [9.17, 15) is 9.90 Å². The minimum Gasteiger partial charge on any atom is -0.478 e. The van der Waals surface area contributed by atoms with Gasteiger partial charge in [0.2, 0.25) is 5.84 Å². The largest absolute Gasteiger partial charge is 0.478 e. The lowest BCUT2D eigenvalue weighted by atomic mass is 10.0. The maximum atomic E-state index is 11.8. The number of hydrogen-bond donors (Lipinski definition) is 1. The van der Waals surface area contributed by atoms with Gasteiger partial charge in [0.15, 0.2) is 6.67 Å². The normalized spacial score (nSPS) is 18.7. The van der Waals surface area contributed by atoms with Crippen LogP contribution in [0.3, 0.4) is 0 Å². The lowest BCUT2D eigenvalue weighted by molar-refractivity contribution is -0.935. The number of carbonyl (C=O) groups is 1. The molecule has 5 nitrogen and oxygen atoms in total. The van der Waals surface area contributed by atoms with Gasteiger partial charge in [-0.25, -0.2) is 4.79 Å². The number of quaternary nitrogens is 1. The van der Waals surface area contributed by atoms with Crippen molar-refractivity contribution in [2.24, 2.45) is 5.10 Å². The summed E-state index contributed by atoms with van der Waals surface area (Å²) >= 11 is 0. The van der Waals surface area contributed by atoms with Crippen LogP contribution in [-0.4, -0.2) is 46.2 Å². The lowest BCUT2D eigenvalue weighted by Gasteiger charge is -2.31. The van der Waals surface area contributed by atoms with Gasteiger partial charge in [-0.1, -0.05) is 44.6 Å². The zero-order chi connectivity index (χ0) is 19.2. The first-order valence-electron chi connectivity index (χ1n) is 10.3. The van der Waals surface area contributed by atoms with Gasteiger partial charge in [0, 0.05) is 5.70 Å². The summed E-state index contributed by atoms with van der Waals surface area (Å²) in [7, 11) is 0. The Morgan fingerprint density at radius 2 is 1.65 bits per heavy atom. The predicted octanol–water partition coefficient (Wildman–Crippen LogP) is 4.87. The summed E-state index contributed by atoms with van der Waals surface area (Å²) in [4.78, 5) is 13.9. The van der Waals surface area contributed by atoms with Crippen molar-refractivity contribution in [3.05, 3.63) is 22.9 Å².